The van der Waals surface area contributed by atoms with Crippen LogP contribution in [0.2, 0.25) is 0 Å². The summed E-state index contributed by atoms with van der Waals surface area (Å²) in [4.78, 5) is 7.52. The number of para-hydroxylation sites is 1. The fourth-order valence-electron chi connectivity index (χ4n) is 3.74. The first-order valence-electron chi connectivity index (χ1n) is 9.61. The van der Waals surface area contributed by atoms with E-state index in [-0.39, 0.29) is 0 Å². The van der Waals surface area contributed by atoms with Gasteiger partial charge >= 0.3 is 0 Å². The minimum atomic E-state index is 0.776. The maximum absolute atomic E-state index is 5.66. The van der Waals surface area contributed by atoms with Gasteiger partial charge in [0.25, 0.3) is 0 Å². The van der Waals surface area contributed by atoms with Crippen molar-refractivity contribution in [1.29, 1.82) is 0 Å². The molecule has 1 aromatic heterocycles. The second-order valence-corrected chi connectivity index (χ2v) is 7.10. The Balaban J connectivity index is 1.89. The average Bonchev–Trinajstić information content (AvgIpc) is 2.74. The number of ether oxygens (including phenoxy) is 3. The third-order valence-corrected chi connectivity index (χ3v) is 5.29. The van der Waals surface area contributed by atoms with Crippen LogP contribution in [0.1, 0.15) is 11.1 Å². The number of fused-ring (bicyclic) bond motifs is 1. The van der Waals surface area contributed by atoms with Crippen LogP contribution in [0.3, 0.4) is 0 Å². The van der Waals surface area contributed by atoms with Gasteiger partial charge in [-0.3, -0.25) is 4.90 Å². The zero-order valence-corrected chi connectivity index (χ0v) is 16.7. The van der Waals surface area contributed by atoms with Crippen LogP contribution >= 0.6 is 0 Å². The van der Waals surface area contributed by atoms with Gasteiger partial charge in [0.2, 0.25) is 0 Å². The smallest absolute Gasteiger partial charge is 0.128 e. The summed E-state index contributed by atoms with van der Waals surface area (Å²) in [6.07, 6.45) is 0. The van der Waals surface area contributed by atoms with Gasteiger partial charge in [-0.2, -0.15) is 0 Å². The van der Waals surface area contributed by atoms with Gasteiger partial charge in [0, 0.05) is 30.6 Å². The summed E-state index contributed by atoms with van der Waals surface area (Å²) < 4.78 is 16.6. The summed E-state index contributed by atoms with van der Waals surface area (Å²) in [6, 6.07) is 14.4. The van der Waals surface area contributed by atoms with Crippen molar-refractivity contribution in [2.45, 2.75) is 13.5 Å². The fourth-order valence-corrected chi connectivity index (χ4v) is 3.74. The number of benzene rings is 2. The molecule has 1 aliphatic heterocycles. The lowest BCUT2D eigenvalue weighted by atomic mass is 10.00. The van der Waals surface area contributed by atoms with Gasteiger partial charge in [-0.1, -0.05) is 18.2 Å². The van der Waals surface area contributed by atoms with Crippen LogP contribution < -0.4 is 9.47 Å². The molecule has 1 fully saturated rings. The molecule has 1 aliphatic rings. The van der Waals surface area contributed by atoms with Crippen molar-refractivity contribution < 1.29 is 14.2 Å². The standard InChI is InChI=1S/C23H26N2O3/c1-16-5-4-6-17-13-18(15-25-9-11-28-12-10-25)23(24-22(16)17)20-14-19(26-2)7-8-21(20)27-3/h4-8,13-14H,9-12,15H2,1-3H3. The molecule has 2 aromatic carbocycles. The highest BCUT2D eigenvalue weighted by Gasteiger charge is 2.19. The van der Waals surface area contributed by atoms with Crippen molar-refractivity contribution in [2.75, 3.05) is 40.5 Å². The van der Waals surface area contributed by atoms with E-state index in [0.29, 0.717) is 0 Å². The van der Waals surface area contributed by atoms with Crippen LogP contribution in [0.4, 0.5) is 0 Å². The van der Waals surface area contributed by atoms with Gasteiger partial charge in [0.15, 0.2) is 0 Å². The van der Waals surface area contributed by atoms with Gasteiger partial charge < -0.3 is 14.2 Å². The fraction of sp³-hybridized carbons (Fsp3) is 0.348. The van der Waals surface area contributed by atoms with E-state index in [0.717, 1.165) is 66.5 Å². The Morgan fingerprint density at radius 3 is 2.61 bits per heavy atom. The Bertz CT molecular complexity index is 981. The minimum Gasteiger partial charge on any atom is -0.497 e. The zero-order chi connectivity index (χ0) is 19.5. The molecule has 28 heavy (non-hydrogen) atoms. The summed E-state index contributed by atoms with van der Waals surface area (Å²) >= 11 is 0. The number of morpholine rings is 1. The van der Waals surface area contributed by atoms with Crippen LogP contribution in [-0.2, 0) is 11.3 Å². The number of hydrogen-bond acceptors (Lipinski definition) is 5. The molecule has 0 saturated carbocycles. The summed E-state index contributed by atoms with van der Waals surface area (Å²) in [6.45, 7) is 6.34. The lowest BCUT2D eigenvalue weighted by Crippen LogP contribution is -2.35. The van der Waals surface area contributed by atoms with E-state index >= 15 is 0 Å². The summed E-state index contributed by atoms with van der Waals surface area (Å²) in [5.74, 6) is 1.59. The lowest BCUT2D eigenvalue weighted by Gasteiger charge is -2.27. The molecular formula is C23H26N2O3. The van der Waals surface area contributed by atoms with E-state index in [2.05, 4.69) is 36.1 Å². The summed E-state index contributed by atoms with van der Waals surface area (Å²) in [5.41, 5.74) is 5.28. The summed E-state index contributed by atoms with van der Waals surface area (Å²) in [7, 11) is 3.37. The van der Waals surface area contributed by atoms with Crippen molar-refractivity contribution in [3.05, 3.63) is 53.6 Å². The molecule has 5 nitrogen and oxygen atoms in total. The molecule has 0 bridgehead atoms. The number of pyridine rings is 1. The van der Waals surface area contributed by atoms with Crippen molar-refractivity contribution >= 4 is 10.9 Å². The maximum Gasteiger partial charge on any atom is 0.128 e. The second kappa shape index (κ2) is 8.17. The van der Waals surface area contributed by atoms with Gasteiger partial charge in [-0.05, 0) is 42.3 Å². The number of hydrogen-bond donors (Lipinski definition) is 0. The van der Waals surface area contributed by atoms with Crippen LogP contribution in [0.5, 0.6) is 11.5 Å². The highest BCUT2D eigenvalue weighted by molar-refractivity contribution is 5.87. The Kier molecular flexibility index (Phi) is 5.46. The molecule has 0 aliphatic carbocycles. The zero-order valence-electron chi connectivity index (χ0n) is 16.7. The molecule has 5 heteroatoms. The molecule has 3 aromatic rings. The van der Waals surface area contributed by atoms with E-state index in [1.807, 2.05) is 18.2 Å². The third kappa shape index (κ3) is 3.68. The topological polar surface area (TPSA) is 43.8 Å². The van der Waals surface area contributed by atoms with Gasteiger partial charge in [-0.15, -0.1) is 0 Å². The third-order valence-electron chi connectivity index (χ3n) is 5.29. The van der Waals surface area contributed by atoms with Crippen LogP contribution in [0.25, 0.3) is 22.2 Å². The monoisotopic (exact) mass is 378 g/mol. The first-order valence-corrected chi connectivity index (χ1v) is 9.61. The van der Waals surface area contributed by atoms with E-state index in [1.165, 1.54) is 11.1 Å². The van der Waals surface area contributed by atoms with E-state index in [1.54, 1.807) is 14.2 Å². The maximum atomic E-state index is 5.66. The minimum absolute atomic E-state index is 0.776. The predicted octanol–water partition coefficient (Wildman–Crippen LogP) is 4.06. The van der Waals surface area contributed by atoms with Crippen LogP contribution in [-0.4, -0.2) is 50.4 Å². The molecule has 0 spiro atoms. The van der Waals surface area contributed by atoms with Gasteiger partial charge in [0.1, 0.15) is 11.5 Å². The number of methoxy groups -OCH3 is 2. The Hall–Kier alpha value is -2.63. The van der Waals surface area contributed by atoms with E-state index in [9.17, 15) is 0 Å². The quantitative estimate of drug-likeness (QED) is 0.670. The number of aromatic nitrogens is 1. The molecule has 0 amide bonds. The number of rotatable bonds is 5. The molecule has 1 saturated heterocycles. The Labute approximate surface area is 165 Å². The van der Waals surface area contributed by atoms with Gasteiger partial charge in [0.05, 0.1) is 38.6 Å². The molecule has 0 unspecified atom stereocenters. The average molecular weight is 378 g/mol. The second-order valence-electron chi connectivity index (χ2n) is 7.10. The lowest BCUT2D eigenvalue weighted by molar-refractivity contribution is 0.0342. The van der Waals surface area contributed by atoms with Crippen molar-refractivity contribution in [1.82, 2.24) is 9.88 Å². The van der Waals surface area contributed by atoms with Gasteiger partial charge in [-0.25, -0.2) is 4.98 Å². The van der Waals surface area contributed by atoms with E-state index < -0.39 is 0 Å². The highest BCUT2D eigenvalue weighted by Crippen LogP contribution is 2.36. The SMILES string of the molecule is COc1ccc(OC)c(-c2nc3c(C)cccc3cc2CN2CCOCC2)c1. The first-order chi connectivity index (χ1) is 13.7. The number of nitrogens with zero attached hydrogens (tertiary/aromatic N) is 2. The van der Waals surface area contributed by atoms with Crippen molar-refractivity contribution in [3.63, 3.8) is 0 Å². The van der Waals surface area contributed by atoms with Crippen molar-refractivity contribution in [3.8, 4) is 22.8 Å². The summed E-state index contributed by atoms with van der Waals surface area (Å²) in [5, 5.41) is 1.16. The molecule has 0 radical (unpaired) electrons. The Morgan fingerprint density at radius 1 is 1.04 bits per heavy atom. The van der Waals surface area contributed by atoms with Crippen LogP contribution in [0, 0.1) is 6.92 Å². The molecule has 146 valence electrons. The molecule has 4 rings (SSSR count). The normalized spacial score (nSPS) is 15.0. The van der Waals surface area contributed by atoms with Crippen molar-refractivity contribution in [2.24, 2.45) is 0 Å². The molecule has 2 heterocycles. The predicted molar refractivity (Wildman–Crippen MR) is 111 cm³/mol. The molecule has 0 atom stereocenters. The largest absolute Gasteiger partial charge is 0.497 e. The Morgan fingerprint density at radius 2 is 1.86 bits per heavy atom. The van der Waals surface area contributed by atoms with E-state index in [4.69, 9.17) is 19.2 Å². The molecular weight excluding hydrogens is 352 g/mol. The highest BCUT2D eigenvalue weighted by atomic mass is 16.5. The molecule has 0 N–H and O–H groups in total. The first kappa shape index (κ1) is 18.7. The number of aryl methyl sites for hydroxylation is 1. The van der Waals surface area contributed by atoms with Crippen LogP contribution in [0.15, 0.2) is 42.5 Å².